The van der Waals surface area contributed by atoms with Crippen LogP contribution in [0.1, 0.15) is 33.9 Å². The molecule has 0 aromatic heterocycles. The molecule has 0 bridgehead atoms. The zero-order chi connectivity index (χ0) is 26.3. The fourth-order valence-corrected chi connectivity index (χ4v) is 5.00. The molecule has 2 aromatic rings. The molecule has 194 valence electrons. The Morgan fingerprint density at radius 2 is 1.78 bits per heavy atom. The molecule has 36 heavy (non-hydrogen) atoms. The molecule has 4 rings (SSSR count). The minimum absolute atomic E-state index is 0.00323. The number of alkyl halides is 4. The second-order valence-corrected chi connectivity index (χ2v) is 11.0. The number of halogens is 4. The summed E-state index contributed by atoms with van der Waals surface area (Å²) in [6.07, 6.45) is -5.25. The normalized spacial score (nSPS) is 21.6. The van der Waals surface area contributed by atoms with Gasteiger partial charge in [-0.25, -0.2) is 12.8 Å². The van der Waals surface area contributed by atoms with Gasteiger partial charge in [0.25, 0.3) is 5.91 Å². The average molecular weight is 529 g/mol. The van der Waals surface area contributed by atoms with E-state index >= 15 is 0 Å². The van der Waals surface area contributed by atoms with Gasteiger partial charge in [0.05, 0.1) is 36.3 Å². The minimum atomic E-state index is -4.51. The molecule has 2 aliphatic heterocycles. The van der Waals surface area contributed by atoms with Crippen LogP contribution in [0.15, 0.2) is 53.4 Å². The van der Waals surface area contributed by atoms with Crippen LogP contribution in [0, 0.1) is 5.92 Å². The monoisotopic (exact) mass is 528 g/mol. The highest BCUT2D eigenvalue weighted by atomic mass is 32.2. The quantitative estimate of drug-likeness (QED) is 0.582. The van der Waals surface area contributed by atoms with Crippen molar-refractivity contribution in [3.63, 3.8) is 0 Å². The van der Waals surface area contributed by atoms with Gasteiger partial charge in [0.1, 0.15) is 12.2 Å². The van der Waals surface area contributed by atoms with E-state index in [2.05, 4.69) is 5.32 Å². The summed E-state index contributed by atoms with van der Waals surface area (Å²) < 4.78 is 82.2. The molecule has 2 saturated heterocycles. The number of nitrogens with zero attached hydrogens (tertiary/aromatic N) is 1. The Hall–Kier alpha value is -2.99. The summed E-state index contributed by atoms with van der Waals surface area (Å²) >= 11 is 0. The summed E-state index contributed by atoms with van der Waals surface area (Å²) in [7, 11) is -3.59. The lowest BCUT2D eigenvalue weighted by molar-refractivity contribution is -0.137. The third kappa shape index (κ3) is 5.54. The molecule has 3 atom stereocenters. The summed E-state index contributed by atoms with van der Waals surface area (Å²) in [6.45, 7) is 0.212. The largest absolute Gasteiger partial charge is 0.416 e. The van der Waals surface area contributed by atoms with E-state index < -0.39 is 51.6 Å². The summed E-state index contributed by atoms with van der Waals surface area (Å²) in [5.74, 6) is -1.55. The SMILES string of the molecule is CS(=O)(=O)c1cccc(C(=O)N2C[C@@H](F)C[C@@H]2C(=O)NC(c2ccc(C(F)(F)F)cc2)C2COC2)c1. The fraction of sp³-hybridized carbons (Fsp3) is 0.417. The van der Waals surface area contributed by atoms with E-state index in [1.54, 1.807) is 0 Å². The first-order valence-corrected chi connectivity index (χ1v) is 13.0. The number of carbonyl (C=O) groups is 2. The Balaban J connectivity index is 1.55. The molecule has 2 amide bonds. The number of ether oxygens (including phenoxy) is 1. The molecule has 7 nitrogen and oxygen atoms in total. The highest BCUT2D eigenvalue weighted by molar-refractivity contribution is 7.90. The van der Waals surface area contributed by atoms with Crippen molar-refractivity contribution in [1.82, 2.24) is 10.2 Å². The Morgan fingerprint density at radius 1 is 1.11 bits per heavy atom. The number of hydrogen-bond acceptors (Lipinski definition) is 5. The molecule has 2 heterocycles. The molecule has 1 unspecified atom stereocenters. The van der Waals surface area contributed by atoms with Crippen molar-refractivity contribution in [2.45, 2.75) is 35.7 Å². The molecule has 2 fully saturated rings. The lowest BCUT2D eigenvalue weighted by Crippen LogP contribution is -2.50. The molecule has 0 spiro atoms. The van der Waals surface area contributed by atoms with Crippen molar-refractivity contribution < 1.29 is 40.3 Å². The maximum absolute atomic E-state index is 14.4. The topological polar surface area (TPSA) is 92.8 Å². The van der Waals surface area contributed by atoms with Gasteiger partial charge < -0.3 is 15.0 Å². The second-order valence-electron chi connectivity index (χ2n) is 9.01. The van der Waals surface area contributed by atoms with Crippen LogP contribution in [0.4, 0.5) is 17.6 Å². The standard InChI is InChI=1S/C24H24F4N2O5S/c1-36(33,34)19-4-2-3-15(9-19)23(32)30-11-18(25)10-20(30)22(31)29-21(16-12-35-13-16)14-5-7-17(8-6-14)24(26,27)28/h2-9,16,18,20-21H,10-13H2,1H3,(H,29,31)/t18-,20+,21?/m0/s1. The van der Waals surface area contributed by atoms with Gasteiger partial charge in [0, 0.05) is 24.2 Å². The highest BCUT2D eigenvalue weighted by Gasteiger charge is 2.42. The van der Waals surface area contributed by atoms with Crippen LogP contribution in [0.2, 0.25) is 0 Å². The number of hydrogen-bond donors (Lipinski definition) is 1. The Bertz CT molecular complexity index is 1250. The highest BCUT2D eigenvalue weighted by Crippen LogP contribution is 2.33. The van der Waals surface area contributed by atoms with Crippen LogP contribution in [0.3, 0.4) is 0 Å². The molecule has 0 saturated carbocycles. The molecular formula is C24H24F4N2O5S. The number of amides is 2. The molecule has 2 aromatic carbocycles. The maximum atomic E-state index is 14.4. The van der Waals surface area contributed by atoms with Crippen LogP contribution in [0.25, 0.3) is 0 Å². The van der Waals surface area contributed by atoms with Gasteiger partial charge in [-0.3, -0.25) is 9.59 Å². The Labute approximate surface area is 205 Å². The third-order valence-electron chi connectivity index (χ3n) is 6.35. The van der Waals surface area contributed by atoms with E-state index in [0.29, 0.717) is 5.56 Å². The minimum Gasteiger partial charge on any atom is -0.381 e. The summed E-state index contributed by atoms with van der Waals surface area (Å²) in [5.41, 5.74) is -0.403. The van der Waals surface area contributed by atoms with Gasteiger partial charge in [0.15, 0.2) is 9.84 Å². The van der Waals surface area contributed by atoms with Crippen molar-refractivity contribution in [2.75, 3.05) is 26.0 Å². The van der Waals surface area contributed by atoms with E-state index in [4.69, 9.17) is 4.74 Å². The van der Waals surface area contributed by atoms with Gasteiger partial charge in [-0.1, -0.05) is 18.2 Å². The predicted molar refractivity (Wildman–Crippen MR) is 121 cm³/mol. The molecule has 12 heteroatoms. The van der Waals surface area contributed by atoms with Crippen molar-refractivity contribution in [2.24, 2.45) is 5.92 Å². The van der Waals surface area contributed by atoms with E-state index in [1.165, 1.54) is 36.4 Å². The van der Waals surface area contributed by atoms with Crippen LogP contribution < -0.4 is 5.32 Å². The Morgan fingerprint density at radius 3 is 2.33 bits per heavy atom. The number of sulfone groups is 1. The van der Waals surface area contributed by atoms with Crippen LogP contribution in [0.5, 0.6) is 0 Å². The van der Waals surface area contributed by atoms with E-state index in [1.807, 2.05) is 0 Å². The number of benzene rings is 2. The molecule has 0 radical (unpaired) electrons. The lowest BCUT2D eigenvalue weighted by atomic mass is 9.90. The first kappa shape index (κ1) is 26.1. The molecule has 2 aliphatic rings. The van der Waals surface area contributed by atoms with Crippen molar-refractivity contribution in [3.8, 4) is 0 Å². The van der Waals surface area contributed by atoms with Crippen LogP contribution >= 0.6 is 0 Å². The van der Waals surface area contributed by atoms with Crippen LogP contribution in [-0.4, -0.2) is 63.4 Å². The predicted octanol–water partition coefficient (Wildman–Crippen LogP) is 3.17. The van der Waals surface area contributed by atoms with Gasteiger partial charge in [-0.05, 0) is 35.9 Å². The zero-order valence-electron chi connectivity index (χ0n) is 19.2. The molecule has 1 N–H and O–H groups in total. The van der Waals surface area contributed by atoms with E-state index in [9.17, 15) is 35.6 Å². The van der Waals surface area contributed by atoms with Gasteiger partial charge >= 0.3 is 6.18 Å². The fourth-order valence-electron chi connectivity index (χ4n) is 4.33. The van der Waals surface area contributed by atoms with Crippen molar-refractivity contribution >= 4 is 21.7 Å². The maximum Gasteiger partial charge on any atom is 0.416 e. The van der Waals surface area contributed by atoms with Gasteiger partial charge in [-0.15, -0.1) is 0 Å². The smallest absolute Gasteiger partial charge is 0.381 e. The number of carbonyl (C=O) groups excluding carboxylic acids is 2. The van der Waals surface area contributed by atoms with Crippen molar-refractivity contribution in [1.29, 1.82) is 0 Å². The van der Waals surface area contributed by atoms with E-state index in [0.717, 1.165) is 23.3 Å². The Kier molecular flexibility index (Phi) is 7.11. The first-order valence-electron chi connectivity index (χ1n) is 11.1. The summed E-state index contributed by atoms with van der Waals surface area (Å²) in [4.78, 5) is 27.3. The summed E-state index contributed by atoms with van der Waals surface area (Å²) in [5, 5.41) is 2.77. The number of likely N-dealkylation sites (tertiary alicyclic amines) is 1. The zero-order valence-corrected chi connectivity index (χ0v) is 20.0. The first-order chi connectivity index (χ1) is 16.8. The van der Waals surface area contributed by atoms with E-state index in [-0.39, 0.29) is 42.6 Å². The average Bonchev–Trinajstić information content (AvgIpc) is 3.17. The van der Waals surface area contributed by atoms with Crippen molar-refractivity contribution in [3.05, 3.63) is 65.2 Å². The second kappa shape index (κ2) is 9.81. The number of nitrogens with one attached hydrogen (secondary N) is 1. The number of rotatable bonds is 6. The summed E-state index contributed by atoms with van der Waals surface area (Å²) in [6, 6.07) is 7.80. The molecular weight excluding hydrogens is 504 g/mol. The van der Waals surface area contributed by atoms with Gasteiger partial charge in [-0.2, -0.15) is 13.2 Å². The van der Waals surface area contributed by atoms with Crippen LogP contribution in [-0.2, 0) is 25.5 Å². The van der Waals surface area contributed by atoms with Gasteiger partial charge in [0.2, 0.25) is 5.91 Å². The molecule has 0 aliphatic carbocycles. The third-order valence-corrected chi connectivity index (χ3v) is 7.46. The lowest BCUT2D eigenvalue weighted by Gasteiger charge is -2.36.